The van der Waals surface area contributed by atoms with E-state index >= 15 is 19.2 Å². The third-order valence-electron chi connectivity index (χ3n) is 15.9. The predicted molar refractivity (Wildman–Crippen MR) is 297 cm³/mol. The summed E-state index contributed by atoms with van der Waals surface area (Å²) in [5.41, 5.74) is 3.79. The van der Waals surface area contributed by atoms with Gasteiger partial charge in [-0.3, -0.25) is 29.4 Å². The first-order chi connectivity index (χ1) is 40.0. The van der Waals surface area contributed by atoms with Gasteiger partial charge in [0.1, 0.15) is 48.6 Å². The third kappa shape index (κ3) is 9.17. The highest BCUT2D eigenvalue weighted by atomic mass is 16.6. The molecule has 0 radical (unpaired) electrons. The van der Waals surface area contributed by atoms with Gasteiger partial charge >= 0.3 is 12.1 Å². The molecule has 12 rings (SSSR count). The maximum atomic E-state index is 17.0. The number of nitro groups is 1. The monoisotopic (exact) mass is 1100 g/mol. The van der Waals surface area contributed by atoms with Crippen LogP contribution in [0.2, 0.25) is 0 Å². The number of anilines is 1. The Morgan fingerprint density at radius 1 is 0.805 bits per heavy atom. The third-order valence-corrected chi connectivity index (χ3v) is 15.9. The molecule has 8 aromatic rings. The Labute approximate surface area is 470 Å². The normalized spacial score (nSPS) is 20.7. The van der Waals surface area contributed by atoms with Crippen LogP contribution in [0.15, 0.2) is 164 Å². The Bertz CT molecular complexity index is 3850. The molecule has 2 saturated heterocycles. The number of fused-ring (bicyclic) bond motifs is 5. The van der Waals surface area contributed by atoms with Crippen LogP contribution in [-0.4, -0.2) is 98.7 Å². The molecule has 19 heteroatoms. The van der Waals surface area contributed by atoms with Crippen LogP contribution in [0.25, 0.3) is 11.0 Å². The van der Waals surface area contributed by atoms with Crippen molar-refractivity contribution in [2.45, 2.75) is 55.8 Å². The quantitative estimate of drug-likeness (QED) is 0.0496. The molecule has 4 aliphatic rings. The maximum Gasteiger partial charge on any atom is 0.421 e. The Morgan fingerprint density at radius 3 is 2.21 bits per heavy atom. The van der Waals surface area contributed by atoms with Gasteiger partial charge < -0.3 is 33.7 Å². The minimum Gasteiger partial charge on any atom is -0.493 e. The van der Waals surface area contributed by atoms with Crippen molar-refractivity contribution < 1.29 is 52.9 Å². The molecule has 7 aromatic carbocycles. The number of amides is 3. The zero-order valence-electron chi connectivity index (χ0n) is 44.5. The second-order valence-electron chi connectivity index (χ2n) is 20.3. The van der Waals surface area contributed by atoms with Gasteiger partial charge in [-0.25, -0.2) is 14.4 Å². The SMILES string of the molecule is COc1cc2c(cc1OC)CN(C(=O)[C@@H]1[C@H]3C(=O)O[C@H](c4ccccc4)[C@H](c4ccccc4)N3[C@H](c3ccc(OCCO)cc3)[C@@]13C(=O)N(C(=O)OCc1ccc([N+](=O)[O-])cc1)c1ccc(C#CCn4nnc5ccccc54)cc13)CC2. The van der Waals surface area contributed by atoms with Crippen molar-refractivity contribution in [1.29, 1.82) is 0 Å². The van der Waals surface area contributed by atoms with E-state index in [2.05, 4.69) is 22.2 Å². The number of aliphatic hydroxyl groups excluding tert-OH is 1. The van der Waals surface area contributed by atoms with Gasteiger partial charge in [-0.15, -0.1) is 5.10 Å². The first kappa shape index (κ1) is 52.8. The molecule has 1 spiro atoms. The summed E-state index contributed by atoms with van der Waals surface area (Å²) in [6.07, 6.45) is -1.70. The lowest BCUT2D eigenvalue weighted by Gasteiger charge is -2.46. The minimum atomic E-state index is -2.16. The van der Waals surface area contributed by atoms with Crippen molar-refractivity contribution in [3.05, 3.63) is 218 Å². The number of morpholine rings is 1. The molecule has 0 saturated carbocycles. The lowest BCUT2D eigenvalue weighted by atomic mass is 9.64. The van der Waals surface area contributed by atoms with Crippen LogP contribution < -0.4 is 19.1 Å². The standard InChI is InChI=1S/C63H53N7O12/c1-78-52-35-44-29-31-66(37-45(44)36-53(52)79-2)59(72)54-56-60(73)82-57(42-15-7-4-8-16-42)55(41-13-5-3-6-14-41)69(56)58(43-22-26-47(27-23-43)80-33-32-71)63(54)48-34-39(12-11-30-67-51-18-10-9-17-49(51)64-65-67)21-28-50(48)68(61(63)74)62(75)81-38-40-19-24-46(25-20-40)70(76)77/h3-10,13-28,34-36,54-58,71H,29-33,37-38H2,1-2H3/t54-,55-,56-,57+,58+,63-/m0/s1. The van der Waals surface area contributed by atoms with Gasteiger partial charge in [0.05, 0.1) is 55.0 Å². The summed E-state index contributed by atoms with van der Waals surface area (Å²) < 4.78 is 31.6. The molecule has 0 aliphatic carbocycles. The fraction of sp³-hybridized carbons (Fsp3) is 0.238. The predicted octanol–water partition coefficient (Wildman–Crippen LogP) is 8.37. The molecule has 1 N–H and O–H groups in total. The molecule has 19 nitrogen and oxygen atoms in total. The zero-order valence-corrected chi connectivity index (χ0v) is 44.5. The molecule has 5 heterocycles. The molecule has 6 atom stereocenters. The van der Waals surface area contributed by atoms with E-state index in [0.717, 1.165) is 21.5 Å². The first-order valence-electron chi connectivity index (χ1n) is 26.6. The van der Waals surface area contributed by atoms with E-state index in [-0.39, 0.29) is 56.4 Å². The number of nitro benzene ring substituents is 1. The minimum absolute atomic E-state index is 0.00443. The summed E-state index contributed by atoms with van der Waals surface area (Å²) in [7, 11) is 3.08. The first-order valence-corrected chi connectivity index (χ1v) is 26.6. The molecule has 82 heavy (non-hydrogen) atoms. The highest BCUT2D eigenvalue weighted by molar-refractivity contribution is 6.23. The number of rotatable bonds is 13. The summed E-state index contributed by atoms with van der Waals surface area (Å²) in [5.74, 6) is 4.07. The molecule has 4 aliphatic heterocycles. The molecule has 3 amide bonds. The number of ether oxygens (including phenoxy) is 5. The van der Waals surface area contributed by atoms with Crippen molar-refractivity contribution in [3.8, 4) is 29.1 Å². The smallest absolute Gasteiger partial charge is 0.421 e. The summed E-state index contributed by atoms with van der Waals surface area (Å²) >= 11 is 0. The van der Waals surface area contributed by atoms with E-state index < -0.39 is 64.4 Å². The van der Waals surface area contributed by atoms with Crippen LogP contribution in [0.5, 0.6) is 17.2 Å². The lowest BCUT2D eigenvalue weighted by molar-refractivity contribution is -0.384. The van der Waals surface area contributed by atoms with Gasteiger partial charge in [0.2, 0.25) is 11.8 Å². The fourth-order valence-corrected chi connectivity index (χ4v) is 12.3. The lowest BCUT2D eigenvalue weighted by Crippen LogP contribution is -2.57. The Balaban J connectivity index is 1.09. The summed E-state index contributed by atoms with van der Waals surface area (Å²) in [6.45, 7) is -0.277. The van der Waals surface area contributed by atoms with Gasteiger partial charge in [0, 0.05) is 30.8 Å². The number of para-hydroxylation sites is 1. The zero-order chi connectivity index (χ0) is 56.6. The summed E-state index contributed by atoms with van der Waals surface area (Å²) in [4.78, 5) is 80.3. The van der Waals surface area contributed by atoms with E-state index in [1.54, 1.807) is 59.2 Å². The number of carbonyl (C=O) groups is 4. The molecule has 412 valence electrons. The van der Waals surface area contributed by atoms with E-state index in [1.807, 2.05) is 102 Å². The Hall–Kier alpha value is -9.90. The molecule has 1 aromatic heterocycles. The number of aromatic nitrogens is 3. The molecule has 0 unspecified atom stereocenters. The van der Waals surface area contributed by atoms with E-state index in [9.17, 15) is 15.2 Å². The van der Waals surface area contributed by atoms with Crippen LogP contribution in [0.1, 0.15) is 62.7 Å². The van der Waals surface area contributed by atoms with Crippen molar-refractivity contribution in [2.24, 2.45) is 5.92 Å². The average molecular weight is 1100 g/mol. The fourth-order valence-electron chi connectivity index (χ4n) is 12.3. The van der Waals surface area contributed by atoms with Crippen LogP contribution in [0.3, 0.4) is 0 Å². The van der Waals surface area contributed by atoms with Crippen LogP contribution in [-0.2, 0) is 55.4 Å². The number of imide groups is 1. The number of non-ortho nitro benzene ring substituents is 1. The number of benzene rings is 7. The Kier molecular flexibility index (Phi) is 14.1. The largest absolute Gasteiger partial charge is 0.493 e. The van der Waals surface area contributed by atoms with E-state index in [4.69, 9.17) is 23.7 Å². The van der Waals surface area contributed by atoms with Crippen molar-refractivity contribution in [3.63, 3.8) is 0 Å². The van der Waals surface area contributed by atoms with Crippen molar-refractivity contribution >= 4 is 46.3 Å². The van der Waals surface area contributed by atoms with Gasteiger partial charge in [-0.1, -0.05) is 102 Å². The molecule has 2 fully saturated rings. The Morgan fingerprint density at radius 2 is 1.50 bits per heavy atom. The number of cyclic esters (lactones) is 1. The number of methoxy groups -OCH3 is 2. The number of esters is 1. The second kappa shape index (κ2) is 22.0. The molecule has 0 bridgehead atoms. The number of hydrogen-bond donors (Lipinski definition) is 1. The maximum absolute atomic E-state index is 17.0. The topological polar surface area (TPSA) is 218 Å². The van der Waals surface area contributed by atoms with Gasteiger partial charge in [0.15, 0.2) is 11.5 Å². The molecular formula is C63H53N7O12. The highest BCUT2D eigenvalue weighted by Gasteiger charge is 2.76. The van der Waals surface area contributed by atoms with Gasteiger partial charge in [0.25, 0.3) is 5.69 Å². The van der Waals surface area contributed by atoms with Gasteiger partial charge in [-0.2, -0.15) is 0 Å². The van der Waals surface area contributed by atoms with Crippen LogP contribution in [0.4, 0.5) is 16.2 Å². The van der Waals surface area contributed by atoms with Crippen molar-refractivity contribution in [2.75, 3.05) is 38.9 Å². The number of hydrogen-bond acceptors (Lipinski definition) is 15. The number of carbonyl (C=O) groups excluding carboxylic acids is 4. The summed E-state index contributed by atoms with van der Waals surface area (Å²) in [5, 5.41) is 29.9. The second-order valence-corrected chi connectivity index (χ2v) is 20.3. The molecular weight excluding hydrogens is 1050 g/mol. The van der Waals surface area contributed by atoms with Crippen LogP contribution in [0, 0.1) is 27.9 Å². The summed E-state index contributed by atoms with van der Waals surface area (Å²) in [6, 6.07) is 43.8. The van der Waals surface area contributed by atoms with Gasteiger partial charge in [-0.05, 0) is 112 Å². The van der Waals surface area contributed by atoms with E-state index in [1.165, 1.54) is 31.4 Å². The van der Waals surface area contributed by atoms with Crippen molar-refractivity contribution in [1.82, 2.24) is 24.8 Å². The number of aliphatic hydroxyl groups is 1. The van der Waals surface area contributed by atoms with E-state index in [0.29, 0.717) is 57.0 Å². The highest BCUT2D eigenvalue weighted by Crippen LogP contribution is 2.66. The average Bonchev–Trinajstić information content (AvgIpc) is 1.64. The number of nitrogens with zero attached hydrogens (tertiary/aromatic N) is 7. The van der Waals surface area contributed by atoms with Crippen LogP contribution >= 0.6 is 0 Å².